The van der Waals surface area contributed by atoms with Crippen LogP contribution in [0.3, 0.4) is 0 Å². The minimum absolute atomic E-state index is 0.0142. The van der Waals surface area contributed by atoms with Crippen LogP contribution < -0.4 is 5.32 Å². The Labute approximate surface area is 109 Å². The molecule has 0 saturated carbocycles. The molecule has 2 N–H and O–H groups in total. The van der Waals surface area contributed by atoms with Gasteiger partial charge in [0, 0.05) is 0 Å². The molecule has 0 atom stereocenters. The number of aliphatic hydroxyl groups is 1. The van der Waals surface area contributed by atoms with Crippen LogP contribution in [0.15, 0.2) is 24.3 Å². The summed E-state index contributed by atoms with van der Waals surface area (Å²) in [6.45, 7) is 5.96. The number of aliphatic hydroxyl groups excluding tert-OH is 1. The van der Waals surface area contributed by atoms with Gasteiger partial charge in [-0.25, -0.2) is 0 Å². The molecule has 0 spiro atoms. The largest absolute Gasteiger partial charge is 0.394 e. The van der Waals surface area contributed by atoms with Gasteiger partial charge in [-0.3, -0.25) is 4.79 Å². The van der Waals surface area contributed by atoms with Gasteiger partial charge < -0.3 is 10.4 Å². The van der Waals surface area contributed by atoms with E-state index in [1.165, 1.54) is 5.56 Å². The third-order valence-electron chi connectivity index (χ3n) is 3.55. The van der Waals surface area contributed by atoms with E-state index in [4.69, 9.17) is 0 Å². The number of benzene rings is 1. The summed E-state index contributed by atoms with van der Waals surface area (Å²) in [5, 5.41) is 12.4. The quantitative estimate of drug-likeness (QED) is 0.812. The van der Waals surface area contributed by atoms with Crippen molar-refractivity contribution < 1.29 is 9.90 Å². The highest BCUT2D eigenvalue weighted by Crippen LogP contribution is 2.14. The van der Waals surface area contributed by atoms with E-state index in [2.05, 4.69) is 5.32 Å². The molecule has 100 valence electrons. The van der Waals surface area contributed by atoms with Gasteiger partial charge in [0.05, 0.1) is 18.6 Å². The Kier molecular flexibility index (Phi) is 5.35. The summed E-state index contributed by atoms with van der Waals surface area (Å²) < 4.78 is 0. The summed E-state index contributed by atoms with van der Waals surface area (Å²) in [7, 11) is 0. The minimum Gasteiger partial charge on any atom is -0.394 e. The number of amides is 1. The van der Waals surface area contributed by atoms with Crippen molar-refractivity contribution in [2.45, 2.75) is 45.6 Å². The van der Waals surface area contributed by atoms with Gasteiger partial charge in [-0.15, -0.1) is 0 Å². The maximum Gasteiger partial charge on any atom is 0.224 e. The van der Waals surface area contributed by atoms with Crippen LogP contribution in [0.25, 0.3) is 0 Å². The Morgan fingerprint density at radius 3 is 2.22 bits per heavy atom. The van der Waals surface area contributed by atoms with Crippen molar-refractivity contribution in [2.75, 3.05) is 6.61 Å². The average molecular weight is 249 g/mol. The van der Waals surface area contributed by atoms with E-state index in [0.717, 1.165) is 18.4 Å². The molecule has 0 aliphatic rings. The van der Waals surface area contributed by atoms with Crippen molar-refractivity contribution in [1.29, 1.82) is 0 Å². The molecule has 3 heteroatoms. The standard InChI is InChI=1S/C15H23NO2/c1-4-15(5-2,11-17)16-14(18)10-13-8-6-12(3)7-9-13/h6-9,17H,4-5,10-11H2,1-3H3,(H,16,18). The zero-order valence-electron chi connectivity index (χ0n) is 11.5. The first-order chi connectivity index (χ1) is 8.55. The fourth-order valence-corrected chi connectivity index (χ4v) is 1.92. The molecule has 0 fully saturated rings. The Balaban J connectivity index is 2.63. The zero-order valence-corrected chi connectivity index (χ0v) is 11.5. The lowest BCUT2D eigenvalue weighted by Gasteiger charge is -2.30. The molecule has 0 heterocycles. The topological polar surface area (TPSA) is 49.3 Å². The third-order valence-corrected chi connectivity index (χ3v) is 3.55. The Hall–Kier alpha value is -1.35. The van der Waals surface area contributed by atoms with Crippen LogP contribution in [0.2, 0.25) is 0 Å². The van der Waals surface area contributed by atoms with Crippen molar-refractivity contribution in [1.82, 2.24) is 5.32 Å². The van der Waals surface area contributed by atoms with Crippen LogP contribution in [0.5, 0.6) is 0 Å². The second-order valence-electron chi connectivity index (χ2n) is 4.86. The summed E-state index contributed by atoms with van der Waals surface area (Å²) in [6.07, 6.45) is 1.83. The fraction of sp³-hybridized carbons (Fsp3) is 0.533. The predicted octanol–water partition coefficient (Wildman–Crippen LogP) is 2.20. The molecule has 1 aromatic rings. The van der Waals surface area contributed by atoms with Crippen LogP contribution in [-0.4, -0.2) is 23.2 Å². The van der Waals surface area contributed by atoms with Gasteiger partial charge in [-0.05, 0) is 25.3 Å². The van der Waals surface area contributed by atoms with E-state index in [0.29, 0.717) is 6.42 Å². The normalized spacial score (nSPS) is 11.3. The van der Waals surface area contributed by atoms with Gasteiger partial charge >= 0.3 is 0 Å². The van der Waals surface area contributed by atoms with E-state index in [-0.39, 0.29) is 12.5 Å². The fourth-order valence-electron chi connectivity index (χ4n) is 1.92. The molecule has 0 saturated heterocycles. The maximum absolute atomic E-state index is 12.0. The van der Waals surface area contributed by atoms with Crippen LogP contribution in [0.4, 0.5) is 0 Å². The lowest BCUT2D eigenvalue weighted by molar-refractivity contribution is -0.123. The summed E-state index contributed by atoms with van der Waals surface area (Å²) in [5.74, 6) is -0.0309. The molecule has 1 rings (SSSR count). The smallest absolute Gasteiger partial charge is 0.224 e. The van der Waals surface area contributed by atoms with Crippen molar-refractivity contribution in [3.8, 4) is 0 Å². The van der Waals surface area contributed by atoms with Gasteiger partial charge in [0.1, 0.15) is 0 Å². The van der Waals surface area contributed by atoms with E-state index in [1.807, 2.05) is 45.0 Å². The number of hydrogen-bond donors (Lipinski definition) is 2. The molecule has 0 aromatic heterocycles. The number of rotatable bonds is 6. The second-order valence-corrected chi connectivity index (χ2v) is 4.86. The second kappa shape index (κ2) is 6.55. The highest BCUT2D eigenvalue weighted by molar-refractivity contribution is 5.79. The summed E-state index contributed by atoms with van der Waals surface area (Å²) >= 11 is 0. The summed E-state index contributed by atoms with van der Waals surface area (Å²) in [6, 6.07) is 7.93. The van der Waals surface area contributed by atoms with Crippen molar-refractivity contribution in [2.24, 2.45) is 0 Å². The lowest BCUT2D eigenvalue weighted by atomic mass is 9.93. The number of aryl methyl sites for hydroxylation is 1. The Morgan fingerprint density at radius 1 is 1.22 bits per heavy atom. The van der Waals surface area contributed by atoms with Gasteiger partial charge in [0.2, 0.25) is 5.91 Å². The first-order valence-electron chi connectivity index (χ1n) is 6.52. The third kappa shape index (κ3) is 3.84. The maximum atomic E-state index is 12.0. The monoisotopic (exact) mass is 249 g/mol. The first-order valence-corrected chi connectivity index (χ1v) is 6.52. The number of carbonyl (C=O) groups excluding carboxylic acids is 1. The van der Waals surface area contributed by atoms with E-state index in [1.54, 1.807) is 0 Å². The molecular formula is C15H23NO2. The molecule has 0 bridgehead atoms. The van der Waals surface area contributed by atoms with E-state index in [9.17, 15) is 9.90 Å². The highest BCUT2D eigenvalue weighted by atomic mass is 16.3. The average Bonchev–Trinajstić information content (AvgIpc) is 2.39. The molecule has 0 aliphatic carbocycles. The number of nitrogens with one attached hydrogen (secondary N) is 1. The van der Waals surface area contributed by atoms with Gasteiger partial charge in [-0.2, -0.15) is 0 Å². The van der Waals surface area contributed by atoms with Gasteiger partial charge in [0.25, 0.3) is 0 Å². The molecule has 1 amide bonds. The zero-order chi connectivity index (χ0) is 13.6. The Bertz CT molecular complexity index is 372. The van der Waals surface area contributed by atoms with Gasteiger partial charge in [-0.1, -0.05) is 43.7 Å². The first kappa shape index (κ1) is 14.7. The van der Waals surface area contributed by atoms with Crippen molar-refractivity contribution >= 4 is 5.91 Å². The molecule has 3 nitrogen and oxygen atoms in total. The molecule has 0 unspecified atom stereocenters. The van der Waals surface area contributed by atoms with Gasteiger partial charge in [0.15, 0.2) is 0 Å². The minimum atomic E-state index is -0.470. The van der Waals surface area contributed by atoms with Crippen LogP contribution in [0, 0.1) is 6.92 Å². The SMILES string of the molecule is CCC(CC)(CO)NC(=O)Cc1ccc(C)cc1. The number of carbonyl (C=O) groups is 1. The van der Waals surface area contributed by atoms with Crippen LogP contribution in [0.1, 0.15) is 37.8 Å². The predicted molar refractivity (Wildman–Crippen MR) is 73.4 cm³/mol. The molecular weight excluding hydrogens is 226 g/mol. The number of hydrogen-bond acceptors (Lipinski definition) is 2. The van der Waals surface area contributed by atoms with Crippen LogP contribution >= 0.6 is 0 Å². The lowest BCUT2D eigenvalue weighted by Crippen LogP contribution is -2.51. The molecule has 0 aliphatic heterocycles. The van der Waals surface area contributed by atoms with E-state index < -0.39 is 5.54 Å². The van der Waals surface area contributed by atoms with E-state index >= 15 is 0 Å². The van der Waals surface area contributed by atoms with Crippen molar-refractivity contribution in [3.63, 3.8) is 0 Å². The summed E-state index contributed by atoms with van der Waals surface area (Å²) in [4.78, 5) is 12.0. The molecule has 18 heavy (non-hydrogen) atoms. The van der Waals surface area contributed by atoms with Crippen LogP contribution in [-0.2, 0) is 11.2 Å². The molecule has 0 radical (unpaired) electrons. The Morgan fingerprint density at radius 2 is 1.78 bits per heavy atom. The molecule has 1 aromatic carbocycles. The van der Waals surface area contributed by atoms with Crippen molar-refractivity contribution in [3.05, 3.63) is 35.4 Å². The highest BCUT2D eigenvalue weighted by Gasteiger charge is 2.26. The summed E-state index contributed by atoms with van der Waals surface area (Å²) in [5.41, 5.74) is 1.71.